The average molecular weight is 386 g/mol. The van der Waals surface area contributed by atoms with Gasteiger partial charge in [0, 0.05) is 30.9 Å². The molecule has 2 aliphatic heterocycles. The highest BCUT2D eigenvalue weighted by molar-refractivity contribution is 5.93. The number of likely N-dealkylation sites (tertiary alicyclic amines) is 2. The summed E-state index contributed by atoms with van der Waals surface area (Å²) >= 11 is 0. The number of piperidine rings is 1. The standard InChI is InChI=1S/C23H35N3O2/c1-17-15-21(28-20-10-13-25(14-11-20)19-6-3-7-19)8-9-22(17)24-23(27)16-26-12-4-5-18(26)2/h8-9,15,18-20H,3-7,10-14,16H2,1-2H3,(H,24,27)/t18-/m1/s1. The Labute approximate surface area is 169 Å². The number of nitrogens with zero attached hydrogens (tertiary/aromatic N) is 2. The summed E-state index contributed by atoms with van der Waals surface area (Å²) in [6, 6.07) is 7.40. The van der Waals surface area contributed by atoms with Gasteiger partial charge < -0.3 is 15.0 Å². The predicted octanol–water partition coefficient (Wildman–Crippen LogP) is 3.81. The number of ether oxygens (including phenoxy) is 1. The number of aryl methyl sites for hydroxylation is 1. The van der Waals surface area contributed by atoms with Crippen LogP contribution in [0.3, 0.4) is 0 Å². The molecule has 1 aliphatic carbocycles. The SMILES string of the molecule is Cc1cc(OC2CCN(C3CCC3)CC2)ccc1NC(=O)CN1CCC[C@H]1C. The molecule has 1 atom stereocenters. The minimum Gasteiger partial charge on any atom is -0.490 e. The van der Waals surface area contributed by atoms with Gasteiger partial charge in [-0.15, -0.1) is 0 Å². The highest BCUT2D eigenvalue weighted by Gasteiger charge is 2.29. The number of anilines is 1. The fraction of sp³-hybridized carbons (Fsp3) is 0.696. The molecule has 1 saturated carbocycles. The summed E-state index contributed by atoms with van der Waals surface area (Å²) in [6.07, 6.45) is 9.10. The van der Waals surface area contributed by atoms with Gasteiger partial charge in [-0.2, -0.15) is 0 Å². The number of nitrogens with one attached hydrogen (secondary N) is 1. The van der Waals surface area contributed by atoms with E-state index < -0.39 is 0 Å². The van der Waals surface area contributed by atoms with Gasteiger partial charge in [0.1, 0.15) is 11.9 Å². The fourth-order valence-corrected chi connectivity index (χ4v) is 4.75. The minimum atomic E-state index is 0.0777. The smallest absolute Gasteiger partial charge is 0.238 e. The minimum absolute atomic E-state index is 0.0777. The Morgan fingerprint density at radius 3 is 2.50 bits per heavy atom. The molecular weight excluding hydrogens is 350 g/mol. The van der Waals surface area contributed by atoms with E-state index in [1.54, 1.807) is 0 Å². The maximum Gasteiger partial charge on any atom is 0.238 e. The molecule has 0 aromatic heterocycles. The molecule has 0 spiro atoms. The van der Waals surface area contributed by atoms with Gasteiger partial charge in [-0.1, -0.05) is 6.42 Å². The summed E-state index contributed by atoms with van der Waals surface area (Å²) in [5.74, 6) is 1.000. The lowest BCUT2D eigenvalue weighted by Crippen LogP contribution is -2.46. The summed E-state index contributed by atoms with van der Waals surface area (Å²) in [4.78, 5) is 17.3. The second kappa shape index (κ2) is 8.83. The molecule has 2 heterocycles. The molecule has 3 fully saturated rings. The molecule has 1 aromatic rings. The van der Waals surface area contributed by atoms with Crippen molar-refractivity contribution in [2.24, 2.45) is 0 Å². The molecule has 1 N–H and O–H groups in total. The van der Waals surface area contributed by atoms with Crippen LogP contribution in [0.4, 0.5) is 5.69 Å². The van der Waals surface area contributed by atoms with E-state index in [0.717, 1.165) is 55.5 Å². The molecular formula is C23H35N3O2. The van der Waals surface area contributed by atoms with Gasteiger partial charge in [-0.05, 0) is 82.7 Å². The van der Waals surface area contributed by atoms with Crippen molar-refractivity contribution in [2.75, 3.05) is 31.5 Å². The van der Waals surface area contributed by atoms with Gasteiger partial charge in [-0.25, -0.2) is 0 Å². The first kappa shape index (κ1) is 19.7. The summed E-state index contributed by atoms with van der Waals surface area (Å²) < 4.78 is 6.25. The number of hydrogen-bond donors (Lipinski definition) is 1. The summed E-state index contributed by atoms with van der Waals surface area (Å²) in [6.45, 7) is 8.08. The summed E-state index contributed by atoms with van der Waals surface area (Å²) in [7, 11) is 0. The molecule has 0 bridgehead atoms. The molecule has 0 radical (unpaired) electrons. The van der Waals surface area contributed by atoms with Crippen LogP contribution in [-0.4, -0.2) is 60.1 Å². The van der Waals surface area contributed by atoms with Crippen LogP contribution in [0, 0.1) is 6.92 Å². The van der Waals surface area contributed by atoms with Crippen molar-refractivity contribution in [1.82, 2.24) is 9.80 Å². The predicted molar refractivity (Wildman–Crippen MR) is 113 cm³/mol. The quantitative estimate of drug-likeness (QED) is 0.809. The molecule has 0 unspecified atom stereocenters. The van der Waals surface area contributed by atoms with E-state index >= 15 is 0 Å². The van der Waals surface area contributed by atoms with Crippen molar-refractivity contribution in [3.63, 3.8) is 0 Å². The lowest BCUT2D eigenvalue weighted by atomic mass is 9.90. The van der Waals surface area contributed by atoms with Crippen molar-refractivity contribution in [3.05, 3.63) is 23.8 Å². The third kappa shape index (κ3) is 4.69. The van der Waals surface area contributed by atoms with E-state index in [9.17, 15) is 4.79 Å². The zero-order chi connectivity index (χ0) is 19.5. The fourth-order valence-electron chi connectivity index (χ4n) is 4.75. The van der Waals surface area contributed by atoms with Crippen LogP contribution in [0.2, 0.25) is 0 Å². The summed E-state index contributed by atoms with van der Waals surface area (Å²) in [5, 5.41) is 3.08. The molecule has 5 heteroatoms. The molecule has 2 saturated heterocycles. The third-order valence-corrected chi connectivity index (χ3v) is 6.88. The van der Waals surface area contributed by atoms with Crippen LogP contribution < -0.4 is 10.1 Å². The van der Waals surface area contributed by atoms with Crippen LogP contribution in [0.5, 0.6) is 5.75 Å². The zero-order valence-electron chi connectivity index (χ0n) is 17.5. The van der Waals surface area contributed by atoms with Gasteiger partial charge in [0.2, 0.25) is 5.91 Å². The number of carbonyl (C=O) groups excluding carboxylic acids is 1. The molecule has 4 rings (SSSR count). The first-order valence-corrected chi connectivity index (χ1v) is 11.1. The van der Waals surface area contributed by atoms with E-state index in [4.69, 9.17) is 4.74 Å². The van der Waals surface area contributed by atoms with Gasteiger partial charge in [0.05, 0.1) is 6.54 Å². The Morgan fingerprint density at radius 1 is 1.11 bits per heavy atom. The van der Waals surface area contributed by atoms with Crippen LogP contribution in [0.15, 0.2) is 18.2 Å². The number of rotatable bonds is 6. The first-order chi connectivity index (χ1) is 13.6. The van der Waals surface area contributed by atoms with Crippen molar-refractivity contribution < 1.29 is 9.53 Å². The Morgan fingerprint density at radius 2 is 1.89 bits per heavy atom. The van der Waals surface area contributed by atoms with Crippen molar-refractivity contribution in [1.29, 1.82) is 0 Å². The maximum absolute atomic E-state index is 12.4. The number of carbonyl (C=O) groups is 1. The lowest BCUT2D eigenvalue weighted by molar-refractivity contribution is -0.117. The monoisotopic (exact) mass is 385 g/mol. The van der Waals surface area contributed by atoms with E-state index in [2.05, 4.69) is 28.1 Å². The zero-order valence-corrected chi connectivity index (χ0v) is 17.5. The summed E-state index contributed by atoms with van der Waals surface area (Å²) in [5.41, 5.74) is 1.95. The number of benzene rings is 1. The maximum atomic E-state index is 12.4. The van der Waals surface area contributed by atoms with Crippen LogP contribution >= 0.6 is 0 Å². The Bertz CT molecular complexity index is 680. The number of amides is 1. The third-order valence-electron chi connectivity index (χ3n) is 6.88. The molecule has 28 heavy (non-hydrogen) atoms. The van der Waals surface area contributed by atoms with Crippen LogP contribution in [0.1, 0.15) is 57.4 Å². The van der Waals surface area contributed by atoms with Gasteiger partial charge in [0.25, 0.3) is 0 Å². The molecule has 1 amide bonds. The second-order valence-electron chi connectivity index (χ2n) is 8.92. The van der Waals surface area contributed by atoms with Gasteiger partial charge in [0.15, 0.2) is 0 Å². The van der Waals surface area contributed by atoms with E-state index in [-0.39, 0.29) is 5.91 Å². The average Bonchev–Trinajstić information content (AvgIpc) is 3.02. The van der Waals surface area contributed by atoms with E-state index in [1.807, 2.05) is 19.1 Å². The normalized spacial score (nSPS) is 24.9. The molecule has 5 nitrogen and oxygen atoms in total. The van der Waals surface area contributed by atoms with Gasteiger partial charge >= 0.3 is 0 Å². The topological polar surface area (TPSA) is 44.8 Å². The second-order valence-corrected chi connectivity index (χ2v) is 8.92. The van der Waals surface area contributed by atoms with E-state index in [1.165, 1.54) is 32.1 Å². The van der Waals surface area contributed by atoms with Crippen molar-refractivity contribution in [3.8, 4) is 5.75 Å². The first-order valence-electron chi connectivity index (χ1n) is 11.1. The molecule has 1 aromatic carbocycles. The molecule has 154 valence electrons. The largest absolute Gasteiger partial charge is 0.490 e. The Kier molecular flexibility index (Phi) is 6.22. The van der Waals surface area contributed by atoms with Crippen molar-refractivity contribution in [2.45, 2.75) is 77.0 Å². The van der Waals surface area contributed by atoms with Crippen LogP contribution in [0.25, 0.3) is 0 Å². The highest BCUT2D eigenvalue weighted by atomic mass is 16.5. The van der Waals surface area contributed by atoms with Crippen molar-refractivity contribution >= 4 is 11.6 Å². The molecule has 3 aliphatic rings. The number of hydrogen-bond acceptors (Lipinski definition) is 4. The lowest BCUT2D eigenvalue weighted by Gasteiger charge is -2.41. The Hall–Kier alpha value is -1.59. The Balaban J connectivity index is 1.26. The highest BCUT2D eigenvalue weighted by Crippen LogP contribution is 2.29. The van der Waals surface area contributed by atoms with Gasteiger partial charge in [-0.3, -0.25) is 9.69 Å². The van der Waals surface area contributed by atoms with Crippen LogP contribution in [-0.2, 0) is 4.79 Å². The van der Waals surface area contributed by atoms with E-state index in [0.29, 0.717) is 18.7 Å².